The zero-order valence-electron chi connectivity index (χ0n) is 17.7. The van der Waals surface area contributed by atoms with E-state index in [1.807, 2.05) is 46.8 Å². The summed E-state index contributed by atoms with van der Waals surface area (Å²) >= 11 is 0. The summed E-state index contributed by atoms with van der Waals surface area (Å²) < 4.78 is 33.2. The summed E-state index contributed by atoms with van der Waals surface area (Å²) in [6.07, 6.45) is 0. The zero-order valence-corrected chi connectivity index (χ0v) is 18.5. The summed E-state index contributed by atoms with van der Waals surface area (Å²) in [6.45, 7) is 9.89. The quantitative estimate of drug-likeness (QED) is 0.673. The summed E-state index contributed by atoms with van der Waals surface area (Å²) in [5, 5.41) is 2.88. The Hall–Kier alpha value is -2.54. The van der Waals surface area contributed by atoms with Gasteiger partial charge in [0.1, 0.15) is 12.3 Å². The molecular weight excluding hydrogens is 388 g/mol. The fourth-order valence-electron chi connectivity index (χ4n) is 2.62. The van der Waals surface area contributed by atoms with E-state index in [4.69, 9.17) is 4.74 Å². The number of amides is 1. The molecule has 1 unspecified atom stereocenters. The van der Waals surface area contributed by atoms with Crippen molar-refractivity contribution in [2.45, 2.75) is 45.6 Å². The van der Waals surface area contributed by atoms with Crippen molar-refractivity contribution >= 4 is 21.6 Å². The first kappa shape index (κ1) is 22.7. The molecule has 0 spiro atoms. The normalized spacial score (nSPS) is 12.5. The van der Waals surface area contributed by atoms with Crippen molar-refractivity contribution < 1.29 is 17.9 Å². The molecule has 6 nitrogen and oxygen atoms in total. The fourth-order valence-corrected chi connectivity index (χ4v) is 4.05. The molecule has 2 aromatic carbocycles. The molecule has 2 aromatic rings. The summed E-state index contributed by atoms with van der Waals surface area (Å²) in [6, 6.07) is 13.2. The lowest BCUT2D eigenvalue weighted by Crippen LogP contribution is -2.45. The van der Waals surface area contributed by atoms with Crippen LogP contribution in [0.3, 0.4) is 0 Å². The van der Waals surface area contributed by atoms with Gasteiger partial charge in [-0.3, -0.25) is 9.10 Å². The minimum absolute atomic E-state index is 0.0597. The number of carbonyl (C=O) groups is 1. The molecule has 0 aliphatic rings. The lowest BCUT2D eigenvalue weighted by Gasteiger charge is -2.26. The average molecular weight is 419 g/mol. The van der Waals surface area contributed by atoms with Crippen molar-refractivity contribution in [1.82, 2.24) is 5.32 Å². The maximum absolute atomic E-state index is 13.3. The molecule has 29 heavy (non-hydrogen) atoms. The predicted octanol–water partition coefficient (Wildman–Crippen LogP) is 3.75. The Bertz CT molecular complexity index is 907. The Morgan fingerprint density at radius 2 is 1.62 bits per heavy atom. The number of nitrogens with one attached hydrogen (secondary N) is 1. The van der Waals surface area contributed by atoms with Crippen molar-refractivity contribution in [1.29, 1.82) is 0 Å². The molecule has 0 fully saturated rings. The van der Waals surface area contributed by atoms with E-state index in [1.54, 1.807) is 24.3 Å². The average Bonchev–Trinajstić information content (AvgIpc) is 2.67. The Labute approximate surface area is 173 Å². The second kappa shape index (κ2) is 9.78. The van der Waals surface area contributed by atoms with Crippen LogP contribution in [-0.4, -0.2) is 33.5 Å². The van der Waals surface area contributed by atoms with Crippen LogP contribution in [0.4, 0.5) is 5.69 Å². The fraction of sp³-hybridized carbons (Fsp3) is 0.409. The van der Waals surface area contributed by atoms with Gasteiger partial charge in [0.25, 0.3) is 10.0 Å². The number of benzene rings is 2. The standard InChI is InChI=1S/C22H30N2O4S/c1-6-28-20-11-13-21(14-12-20)29(26,27)24(19-9-7-17(4)8-10-19)15-22(25)23-18(5)16(2)3/h7-14,16,18H,6,15H2,1-5H3,(H,23,25). The maximum atomic E-state index is 13.3. The summed E-state index contributed by atoms with van der Waals surface area (Å²) in [5.41, 5.74) is 1.45. The number of ether oxygens (including phenoxy) is 1. The van der Waals surface area contributed by atoms with Gasteiger partial charge in [-0.05, 0) is 63.1 Å². The van der Waals surface area contributed by atoms with Gasteiger partial charge in [0.2, 0.25) is 5.91 Å². The highest BCUT2D eigenvalue weighted by atomic mass is 32.2. The molecule has 1 atom stereocenters. The smallest absolute Gasteiger partial charge is 0.264 e. The second-order valence-electron chi connectivity index (χ2n) is 7.35. The van der Waals surface area contributed by atoms with Crippen molar-refractivity contribution in [3.8, 4) is 5.75 Å². The number of hydrogen-bond donors (Lipinski definition) is 1. The Balaban J connectivity index is 2.37. The van der Waals surface area contributed by atoms with E-state index >= 15 is 0 Å². The van der Waals surface area contributed by atoms with Crippen LogP contribution in [0, 0.1) is 12.8 Å². The van der Waals surface area contributed by atoms with Gasteiger partial charge in [0.15, 0.2) is 0 Å². The van der Waals surface area contributed by atoms with E-state index in [0.717, 1.165) is 9.87 Å². The van der Waals surface area contributed by atoms with E-state index in [9.17, 15) is 13.2 Å². The van der Waals surface area contributed by atoms with E-state index in [0.29, 0.717) is 18.0 Å². The number of rotatable bonds is 9. The lowest BCUT2D eigenvalue weighted by atomic mass is 10.1. The van der Waals surface area contributed by atoms with Crippen molar-refractivity contribution in [3.63, 3.8) is 0 Å². The SMILES string of the molecule is CCOc1ccc(S(=O)(=O)N(CC(=O)NC(C)C(C)C)c2ccc(C)cc2)cc1. The topological polar surface area (TPSA) is 75.7 Å². The highest BCUT2D eigenvalue weighted by molar-refractivity contribution is 7.92. The lowest BCUT2D eigenvalue weighted by molar-refractivity contribution is -0.120. The van der Waals surface area contributed by atoms with E-state index in [1.165, 1.54) is 12.1 Å². The molecule has 0 radical (unpaired) electrons. The number of nitrogens with zero attached hydrogens (tertiary/aromatic N) is 1. The first-order chi connectivity index (χ1) is 13.6. The maximum Gasteiger partial charge on any atom is 0.264 e. The first-order valence-corrected chi connectivity index (χ1v) is 11.2. The minimum atomic E-state index is -3.93. The predicted molar refractivity (Wildman–Crippen MR) is 116 cm³/mol. The molecule has 0 heterocycles. The van der Waals surface area contributed by atoms with Gasteiger partial charge in [0, 0.05) is 6.04 Å². The summed E-state index contributed by atoms with van der Waals surface area (Å²) in [7, 11) is -3.93. The molecule has 0 saturated carbocycles. The third kappa shape index (κ3) is 5.97. The molecule has 0 bridgehead atoms. The first-order valence-electron chi connectivity index (χ1n) is 9.76. The van der Waals surface area contributed by atoms with E-state index in [2.05, 4.69) is 5.32 Å². The monoisotopic (exact) mass is 418 g/mol. The van der Waals surface area contributed by atoms with Crippen molar-refractivity contribution in [2.75, 3.05) is 17.5 Å². The van der Waals surface area contributed by atoms with Gasteiger partial charge in [0.05, 0.1) is 17.2 Å². The van der Waals surface area contributed by atoms with Crippen LogP contribution in [0.1, 0.15) is 33.3 Å². The van der Waals surface area contributed by atoms with E-state index in [-0.39, 0.29) is 29.3 Å². The van der Waals surface area contributed by atoms with Crippen LogP contribution in [0.2, 0.25) is 0 Å². The van der Waals surface area contributed by atoms with Gasteiger partial charge in [-0.25, -0.2) is 8.42 Å². The van der Waals surface area contributed by atoms with Crippen LogP contribution < -0.4 is 14.4 Å². The van der Waals surface area contributed by atoms with Gasteiger partial charge in [-0.15, -0.1) is 0 Å². The van der Waals surface area contributed by atoms with Gasteiger partial charge < -0.3 is 10.1 Å². The number of sulfonamides is 1. The third-order valence-corrected chi connectivity index (χ3v) is 6.51. The Morgan fingerprint density at radius 3 is 2.14 bits per heavy atom. The highest BCUT2D eigenvalue weighted by Crippen LogP contribution is 2.25. The van der Waals surface area contributed by atoms with Gasteiger partial charge in [-0.1, -0.05) is 31.5 Å². The largest absolute Gasteiger partial charge is 0.494 e. The summed E-state index contributed by atoms with van der Waals surface area (Å²) in [4.78, 5) is 12.7. The van der Waals surface area contributed by atoms with Crippen LogP contribution >= 0.6 is 0 Å². The van der Waals surface area contributed by atoms with E-state index < -0.39 is 10.0 Å². The van der Waals surface area contributed by atoms with Gasteiger partial charge >= 0.3 is 0 Å². The van der Waals surface area contributed by atoms with Crippen LogP contribution in [-0.2, 0) is 14.8 Å². The second-order valence-corrected chi connectivity index (χ2v) is 9.21. The number of aryl methyl sites for hydroxylation is 1. The van der Waals surface area contributed by atoms with Crippen LogP contribution in [0.25, 0.3) is 0 Å². The molecule has 0 aliphatic carbocycles. The van der Waals surface area contributed by atoms with Crippen molar-refractivity contribution in [3.05, 3.63) is 54.1 Å². The molecule has 158 valence electrons. The Morgan fingerprint density at radius 1 is 1.03 bits per heavy atom. The molecule has 7 heteroatoms. The van der Waals surface area contributed by atoms with Gasteiger partial charge in [-0.2, -0.15) is 0 Å². The molecule has 1 N–H and O–H groups in total. The molecule has 0 aromatic heterocycles. The number of hydrogen-bond acceptors (Lipinski definition) is 4. The van der Waals surface area contributed by atoms with Crippen LogP contribution in [0.5, 0.6) is 5.75 Å². The Kier molecular flexibility index (Phi) is 7.67. The molecule has 0 aliphatic heterocycles. The molecule has 0 saturated heterocycles. The van der Waals surface area contributed by atoms with Crippen molar-refractivity contribution in [2.24, 2.45) is 5.92 Å². The summed E-state index contributed by atoms with van der Waals surface area (Å²) in [5.74, 6) is 0.493. The zero-order chi connectivity index (χ0) is 21.6. The molecule has 1 amide bonds. The number of anilines is 1. The molecule has 2 rings (SSSR count). The number of carbonyl (C=O) groups excluding carboxylic acids is 1. The highest BCUT2D eigenvalue weighted by Gasteiger charge is 2.28. The third-order valence-electron chi connectivity index (χ3n) is 4.72. The molecular formula is C22H30N2O4S. The van der Waals surface area contributed by atoms with Crippen LogP contribution in [0.15, 0.2) is 53.4 Å². The minimum Gasteiger partial charge on any atom is -0.494 e.